The first-order chi connectivity index (χ1) is 2.64. The quantitative estimate of drug-likeness (QED) is 0.391. The van der Waals surface area contributed by atoms with Gasteiger partial charge in [0.25, 0.3) is 0 Å². The maximum atomic E-state index is 9.75. The van der Waals surface area contributed by atoms with Gasteiger partial charge in [-0.3, -0.25) is 0 Å². The minimum absolute atomic E-state index is 0.566. The van der Waals surface area contributed by atoms with Crippen molar-refractivity contribution in [1.29, 1.82) is 0 Å². The Kier molecular flexibility index (Phi) is 2.45. The Morgan fingerprint density at radius 3 is 2.17 bits per heavy atom. The molecule has 0 aromatic carbocycles. The van der Waals surface area contributed by atoms with Crippen molar-refractivity contribution in [1.82, 2.24) is 3.16 Å². The molecule has 0 rings (SSSR count). The summed E-state index contributed by atoms with van der Waals surface area (Å²) >= 11 is 5.59. The summed E-state index contributed by atoms with van der Waals surface area (Å²) in [5.74, 6) is 0. The van der Waals surface area contributed by atoms with Gasteiger partial charge in [0.15, 0.2) is 0 Å². The standard InChI is InChI=1S/CH3ClN2O.Zn/c2-4-1(3)5;/h(H3,3,4,5);/q;+1/p-1. The third-order valence-corrected chi connectivity index (χ3v) is 1.06. The number of primary amides is 1. The molecule has 2 N–H and O–H groups in total. The Morgan fingerprint density at radius 1 is 2.00 bits per heavy atom. The maximum absolute atomic E-state index is 9.75. The van der Waals surface area contributed by atoms with Crippen molar-refractivity contribution in [3.05, 3.63) is 0 Å². The van der Waals surface area contributed by atoms with Gasteiger partial charge in [-0.15, -0.1) is 0 Å². The average Bonchev–Trinajstić information content (AvgIpc) is 1.36. The van der Waals surface area contributed by atoms with Crippen LogP contribution in [0.25, 0.3) is 0 Å². The number of hydrogen-bond donors (Lipinski definition) is 1. The number of carbonyl (C=O) groups is 1. The van der Waals surface area contributed by atoms with Crippen LogP contribution in [0.2, 0.25) is 0 Å². The second-order valence-corrected chi connectivity index (χ2v) is 3.28. The Morgan fingerprint density at radius 2 is 2.17 bits per heavy atom. The number of urea groups is 1. The number of nitrogens with two attached hydrogens (primary N) is 1. The van der Waals surface area contributed by atoms with E-state index in [4.69, 9.17) is 11.8 Å². The molecule has 0 aliphatic heterocycles. The zero-order chi connectivity index (χ0) is 5.15. The minimum atomic E-state index is -0.586. The molecule has 0 aromatic heterocycles. The predicted molar refractivity (Wildman–Crippen MR) is 17.3 cm³/mol. The van der Waals surface area contributed by atoms with E-state index in [-0.39, 0.29) is 0 Å². The number of rotatable bonds is 0. The summed E-state index contributed by atoms with van der Waals surface area (Å²) in [6, 6.07) is -0.586. The van der Waals surface area contributed by atoms with Crippen molar-refractivity contribution in [3.8, 4) is 0 Å². The molecule has 0 saturated heterocycles. The summed E-state index contributed by atoms with van der Waals surface area (Å²) in [6.45, 7) is 0. The van der Waals surface area contributed by atoms with Crippen LogP contribution in [0.4, 0.5) is 4.79 Å². The van der Waals surface area contributed by atoms with Crippen LogP contribution in [-0.4, -0.2) is 9.19 Å². The molecule has 0 aliphatic carbocycles. The molecular weight excluding hydrogens is 157 g/mol. The van der Waals surface area contributed by atoms with Crippen molar-refractivity contribution in [2.24, 2.45) is 5.73 Å². The van der Waals surface area contributed by atoms with Gasteiger partial charge < -0.3 is 0 Å². The summed E-state index contributed by atoms with van der Waals surface area (Å²) in [7, 11) is 0. The van der Waals surface area contributed by atoms with Gasteiger partial charge in [0.05, 0.1) is 0 Å². The first kappa shape index (κ1) is 6.18. The van der Waals surface area contributed by atoms with Crippen molar-refractivity contribution < 1.29 is 23.3 Å². The van der Waals surface area contributed by atoms with E-state index in [1.165, 1.54) is 0 Å². The summed E-state index contributed by atoms with van der Waals surface area (Å²) < 4.78 is 0.903. The number of halogens is 1. The van der Waals surface area contributed by atoms with Crippen LogP contribution < -0.4 is 5.73 Å². The molecule has 0 fully saturated rings. The fraction of sp³-hybridized carbons (Fsp3) is 0. The molecule has 0 heterocycles. The Labute approximate surface area is 50.5 Å². The van der Waals surface area contributed by atoms with E-state index in [0.29, 0.717) is 18.5 Å². The van der Waals surface area contributed by atoms with Crippen molar-refractivity contribution in [2.45, 2.75) is 0 Å². The third-order valence-electron chi connectivity index (χ3n) is 0.239. The van der Waals surface area contributed by atoms with Gasteiger partial charge in [0.1, 0.15) is 0 Å². The van der Waals surface area contributed by atoms with E-state index in [1.807, 2.05) is 0 Å². The second-order valence-electron chi connectivity index (χ2n) is 0.700. The number of nitrogens with zero attached hydrogens (tertiary/aromatic N) is 1. The molecule has 0 saturated carbocycles. The molecule has 0 bridgehead atoms. The molecule has 6 heavy (non-hydrogen) atoms. The molecule has 5 heteroatoms. The van der Waals surface area contributed by atoms with E-state index < -0.39 is 6.03 Å². The third kappa shape index (κ3) is 2.42. The molecule has 0 atom stereocenters. The van der Waals surface area contributed by atoms with E-state index in [1.54, 1.807) is 0 Å². The number of hydrogen-bond acceptors (Lipinski definition) is 1. The molecular formula is CH2ClN2OZn. The molecule has 0 aliphatic rings. The molecule has 0 unspecified atom stereocenters. The van der Waals surface area contributed by atoms with Crippen molar-refractivity contribution in [3.63, 3.8) is 0 Å². The fourth-order valence-corrected chi connectivity index (χ4v) is 0. The fourth-order valence-electron chi connectivity index (χ4n) is 0. The summed E-state index contributed by atoms with van der Waals surface area (Å²) in [5.41, 5.74) is 4.62. The molecule has 3 nitrogen and oxygen atoms in total. The Hall–Kier alpha value is 0.183. The van der Waals surface area contributed by atoms with E-state index >= 15 is 0 Å². The van der Waals surface area contributed by atoms with Gasteiger partial charge in [-0.2, -0.15) is 0 Å². The van der Waals surface area contributed by atoms with Gasteiger partial charge in [-0.1, -0.05) is 0 Å². The molecule has 0 spiro atoms. The summed E-state index contributed by atoms with van der Waals surface area (Å²) in [4.78, 5) is 9.75. The Bertz CT molecular complexity index is 64.6. The van der Waals surface area contributed by atoms with Gasteiger partial charge in [0, 0.05) is 0 Å². The first-order valence-corrected chi connectivity index (χ1v) is 2.87. The average molecular weight is 159 g/mol. The van der Waals surface area contributed by atoms with E-state index in [9.17, 15) is 4.79 Å². The monoisotopic (exact) mass is 157 g/mol. The van der Waals surface area contributed by atoms with Gasteiger partial charge in [0.2, 0.25) is 0 Å². The normalized spacial score (nSPS) is 7.83. The zero-order valence-electron chi connectivity index (χ0n) is 3.02. The van der Waals surface area contributed by atoms with E-state index in [0.717, 1.165) is 3.16 Å². The van der Waals surface area contributed by atoms with Crippen molar-refractivity contribution >= 4 is 17.8 Å². The number of amides is 2. The van der Waals surface area contributed by atoms with Crippen LogP contribution in [0.3, 0.4) is 0 Å². The SMILES string of the molecule is NC(=O)[N](Cl)[Zn]. The topological polar surface area (TPSA) is 46.3 Å². The van der Waals surface area contributed by atoms with Crippen LogP contribution in [0.5, 0.6) is 0 Å². The molecule has 0 radical (unpaired) electrons. The van der Waals surface area contributed by atoms with Crippen LogP contribution >= 0.6 is 11.8 Å². The summed E-state index contributed by atoms with van der Waals surface area (Å²) in [5, 5.41) is 0. The number of carbonyl (C=O) groups excluding carboxylic acids is 1. The Balaban J connectivity index is 3.26. The van der Waals surface area contributed by atoms with Crippen LogP contribution in [0.15, 0.2) is 0 Å². The van der Waals surface area contributed by atoms with Gasteiger partial charge in [-0.05, 0) is 0 Å². The molecule has 2 amide bonds. The predicted octanol–water partition coefficient (Wildman–Crippen LogP) is -0.0173. The second kappa shape index (κ2) is 2.37. The van der Waals surface area contributed by atoms with Gasteiger partial charge >= 0.3 is 50.0 Å². The summed E-state index contributed by atoms with van der Waals surface area (Å²) in [6.07, 6.45) is 0. The van der Waals surface area contributed by atoms with Crippen molar-refractivity contribution in [2.75, 3.05) is 0 Å². The molecule has 0 aromatic rings. The zero-order valence-corrected chi connectivity index (χ0v) is 6.74. The van der Waals surface area contributed by atoms with Crippen LogP contribution in [-0.2, 0) is 18.5 Å². The van der Waals surface area contributed by atoms with Crippen LogP contribution in [0, 0.1) is 0 Å². The van der Waals surface area contributed by atoms with Gasteiger partial charge in [-0.25, -0.2) is 0 Å². The first-order valence-electron chi connectivity index (χ1n) is 1.20. The molecule has 31 valence electrons. The van der Waals surface area contributed by atoms with Crippen LogP contribution in [0.1, 0.15) is 0 Å². The van der Waals surface area contributed by atoms with E-state index in [2.05, 4.69) is 5.73 Å².